The number of ketones is 1. The molecule has 0 radical (unpaired) electrons. The minimum absolute atomic E-state index is 0.0723. The van der Waals surface area contributed by atoms with Crippen LogP contribution >= 0.6 is 0 Å². The molecule has 2 rings (SSSR count). The van der Waals surface area contributed by atoms with Gasteiger partial charge in [0, 0.05) is 12.8 Å². The van der Waals surface area contributed by atoms with E-state index in [1.165, 1.54) is 13.5 Å². The molecule has 0 aromatic heterocycles. The van der Waals surface area contributed by atoms with Gasteiger partial charge in [-0.1, -0.05) is 19.3 Å². The monoisotopic (exact) mass is 238 g/mol. The van der Waals surface area contributed by atoms with Gasteiger partial charge in [0.25, 0.3) is 0 Å². The number of hydrogen-bond acceptors (Lipinski definition) is 3. The molecule has 0 aromatic rings. The molecular weight excluding hydrogens is 216 g/mol. The van der Waals surface area contributed by atoms with E-state index in [1.54, 1.807) is 0 Å². The van der Waals surface area contributed by atoms with Crippen LogP contribution < -0.4 is 0 Å². The van der Waals surface area contributed by atoms with Gasteiger partial charge in [0.05, 0.1) is 12.5 Å². The van der Waals surface area contributed by atoms with Crippen LogP contribution in [0.4, 0.5) is 0 Å². The second kappa shape index (κ2) is 5.19. The molecule has 0 aliphatic heterocycles. The predicted molar refractivity (Wildman–Crippen MR) is 64.5 cm³/mol. The first kappa shape index (κ1) is 12.6. The Morgan fingerprint density at radius 3 is 2.53 bits per heavy atom. The second-order valence-corrected chi connectivity index (χ2v) is 5.54. The number of rotatable bonds is 2. The van der Waals surface area contributed by atoms with Crippen molar-refractivity contribution >= 4 is 11.8 Å². The zero-order chi connectivity index (χ0) is 12.3. The van der Waals surface area contributed by atoms with Gasteiger partial charge in [-0.2, -0.15) is 0 Å². The van der Waals surface area contributed by atoms with Crippen molar-refractivity contribution in [2.75, 3.05) is 7.11 Å². The van der Waals surface area contributed by atoms with E-state index in [4.69, 9.17) is 4.74 Å². The summed E-state index contributed by atoms with van der Waals surface area (Å²) in [6.07, 6.45) is 8.49. The molecule has 3 nitrogen and oxygen atoms in total. The number of ether oxygens (including phenoxy) is 1. The van der Waals surface area contributed by atoms with E-state index in [-0.39, 0.29) is 17.3 Å². The summed E-state index contributed by atoms with van der Waals surface area (Å²) in [5.74, 6) is 0.489. The quantitative estimate of drug-likeness (QED) is 0.695. The van der Waals surface area contributed by atoms with Gasteiger partial charge in [-0.05, 0) is 31.6 Å². The van der Waals surface area contributed by atoms with Gasteiger partial charge in [-0.3, -0.25) is 9.59 Å². The highest BCUT2D eigenvalue weighted by atomic mass is 16.5. The standard InChI is InChI=1S/C14H22O3/c1-17-13(16)14(8-3-2-4-9-14)11-6-5-7-12(15)10-11/h11H,2-10H2,1H3/t11-/m0/s1. The van der Waals surface area contributed by atoms with Gasteiger partial charge in [0.2, 0.25) is 0 Å². The van der Waals surface area contributed by atoms with Crippen LogP contribution in [-0.4, -0.2) is 18.9 Å². The Labute approximate surface area is 103 Å². The highest BCUT2D eigenvalue weighted by Crippen LogP contribution is 2.48. The van der Waals surface area contributed by atoms with E-state index in [1.807, 2.05) is 0 Å². The van der Waals surface area contributed by atoms with Crippen LogP contribution in [0.25, 0.3) is 0 Å². The number of methoxy groups -OCH3 is 1. The molecule has 2 saturated carbocycles. The zero-order valence-electron chi connectivity index (χ0n) is 10.7. The molecule has 0 spiro atoms. The molecule has 2 fully saturated rings. The van der Waals surface area contributed by atoms with Crippen molar-refractivity contribution in [3.63, 3.8) is 0 Å². The van der Waals surface area contributed by atoms with E-state index >= 15 is 0 Å². The fraction of sp³-hybridized carbons (Fsp3) is 0.857. The third kappa shape index (κ3) is 2.38. The lowest BCUT2D eigenvalue weighted by molar-refractivity contribution is -0.161. The summed E-state index contributed by atoms with van der Waals surface area (Å²) in [5.41, 5.74) is -0.344. The third-order valence-electron chi connectivity index (χ3n) is 4.60. The van der Waals surface area contributed by atoms with Gasteiger partial charge in [0.1, 0.15) is 5.78 Å². The van der Waals surface area contributed by atoms with E-state index in [0.717, 1.165) is 38.5 Å². The van der Waals surface area contributed by atoms with Crippen LogP contribution in [0, 0.1) is 11.3 Å². The molecule has 1 atom stereocenters. The van der Waals surface area contributed by atoms with Gasteiger partial charge < -0.3 is 4.74 Å². The fourth-order valence-corrected chi connectivity index (χ4v) is 3.66. The molecule has 0 aromatic carbocycles. The Balaban J connectivity index is 2.19. The van der Waals surface area contributed by atoms with Crippen molar-refractivity contribution in [3.05, 3.63) is 0 Å². The van der Waals surface area contributed by atoms with Crippen LogP contribution in [0.5, 0.6) is 0 Å². The summed E-state index contributed by atoms with van der Waals surface area (Å²) in [5, 5.41) is 0. The Hall–Kier alpha value is -0.860. The number of carbonyl (C=O) groups excluding carboxylic acids is 2. The molecule has 0 N–H and O–H groups in total. The van der Waals surface area contributed by atoms with Gasteiger partial charge >= 0.3 is 5.97 Å². The maximum atomic E-state index is 12.2. The molecule has 0 amide bonds. The van der Waals surface area contributed by atoms with E-state index in [2.05, 4.69) is 0 Å². The summed E-state index contributed by atoms with van der Waals surface area (Å²) in [6, 6.07) is 0. The zero-order valence-corrected chi connectivity index (χ0v) is 10.7. The average molecular weight is 238 g/mol. The highest BCUT2D eigenvalue weighted by molar-refractivity contribution is 5.82. The molecule has 0 bridgehead atoms. The lowest BCUT2D eigenvalue weighted by atomic mass is 9.61. The Morgan fingerprint density at radius 2 is 1.94 bits per heavy atom. The molecule has 0 unspecified atom stereocenters. The second-order valence-electron chi connectivity index (χ2n) is 5.54. The SMILES string of the molecule is COC(=O)C1([C@H]2CCCC(=O)C2)CCCCC1. The lowest BCUT2D eigenvalue weighted by Crippen LogP contribution is -2.43. The van der Waals surface area contributed by atoms with Crippen LogP contribution in [-0.2, 0) is 14.3 Å². The van der Waals surface area contributed by atoms with Crippen LogP contribution in [0.15, 0.2) is 0 Å². The maximum absolute atomic E-state index is 12.2. The van der Waals surface area contributed by atoms with E-state index in [0.29, 0.717) is 18.6 Å². The van der Waals surface area contributed by atoms with Crippen LogP contribution in [0.1, 0.15) is 57.8 Å². The van der Waals surface area contributed by atoms with Crippen molar-refractivity contribution < 1.29 is 14.3 Å². The number of hydrogen-bond donors (Lipinski definition) is 0. The van der Waals surface area contributed by atoms with Gasteiger partial charge in [-0.15, -0.1) is 0 Å². The number of esters is 1. The topological polar surface area (TPSA) is 43.4 Å². The third-order valence-corrected chi connectivity index (χ3v) is 4.60. The molecule has 2 aliphatic rings. The molecular formula is C14H22O3. The summed E-state index contributed by atoms with van der Waals surface area (Å²) in [7, 11) is 1.48. The minimum Gasteiger partial charge on any atom is -0.469 e. The van der Waals surface area contributed by atoms with Gasteiger partial charge in [0.15, 0.2) is 0 Å². The average Bonchev–Trinajstić information content (AvgIpc) is 2.38. The fourth-order valence-electron chi connectivity index (χ4n) is 3.66. The first-order chi connectivity index (χ1) is 8.19. The Kier molecular flexibility index (Phi) is 3.85. The van der Waals surface area contributed by atoms with Crippen molar-refractivity contribution in [1.29, 1.82) is 0 Å². The lowest BCUT2D eigenvalue weighted by Gasteiger charge is -2.42. The highest BCUT2D eigenvalue weighted by Gasteiger charge is 2.48. The minimum atomic E-state index is -0.344. The van der Waals surface area contributed by atoms with Crippen molar-refractivity contribution in [3.8, 4) is 0 Å². The normalized spacial score (nSPS) is 28.8. The van der Waals surface area contributed by atoms with E-state index < -0.39 is 0 Å². The Morgan fingerprint density at radius 1 is 1.24 bits per heavy atom. The van der Waals surface area contributed by atoms with Crippen LogP contribution in [0.2, 0.25) is 0 Å². The van der Waals surface area contributed by atoms with Crippen molar-refractivity contribution in [1.82, 2.24) is 0 Å². The summed E-state index contributed by atoms with van der Waals surface area (Å²) < 4.78 is 5.03. The predicted octanol–water partition coefficient (Wildman–Crippen LogP) is 2.87. The smallest absolute Gasteiger partial charge is 0.312 e. The first-order valence-corrected chi connectivity index (χ1v) is 6.79. The molecule has 2 aliphatic carbocycles. The number of Topliss-reactive ketones (excluding diaryl/α,β-unsaturated/α-hetero) is 1. The number of carbonyl (C=O) groups is 2. The maximum Gasteiger partial charge on any atom is 0.312 e. The summed E-state index contributed by atoms with van der Waals surface area (Å²) in [4.78, 5) is 23.8. The molecule has 0 saturated heterocycles. The van der Waals surface area contributed by atoms with Gasteiger partial charge in [-0.25, -0.2) is 0 Å². The summed E-state index contributed by atoms with van der Waals surface area (Å²) >= 11 is 0. The molecule has 0 heterocycles. The molecule has 17 heavy (non-hydrogen) atoms. The first-order valence-electron chi connectivity index (χ1n) is 6.79. The van der Waals surface area contributed by atoms with Crippen molar-refractivity contribution in [2.45, 2.75) is 57.8 Å². The van der Waals surface area contributed by atoms with Crippen molar-refractivity contribution in [2.24, 2.45) is 11.3 Å². The largest absolute Gasteiger partial charge is 0.469 e. The molecule has 96 valence electrons. The van der Waals surface area contributed by atoms with Crippen LogP contribution in [0.3, 0.4) is 0 Å². The summed E-state index contributed by atoms with van der Waals surface area (Å²) in [6.45, 7) is 0. The van der Waals surface area contributed by atoms with E-state index in [9.17, 15) is 9.59 Å². The Bertz CT molecular complexity index is 303. The molecule has 3 heteroatoms.